The Kier molecular flexibility index (Phi) is 7.88. The van der Waals surface area contributed by atoms with Crippen molar-refractivity contribution in [2.45, 2.75) is 46.0 Å². The molecule has 160 valence electrons. The lowest BCUT2D eigenvalue weighted by Gasteiger charge is -2.19. The predicted molar refractivity (Wildman–Crippen MR) is 122 cm³/mol. The van der Waals surface area contributed by atoms with Crippen molar-refractivity contribution in [3.05, 3.63) is 63.7 Å². The van der Waals surface area contributed by atoms with Gasteiger partial charge in [0.05, 0.1) is 11.5 Å². The molecule has 0 aliphatic heterocycles. The summed E-state index contributed by atoms with van der Waals surface area (Å²) in [6, 6.07) is 12.4. The zero-order chi connectivity index (χ0) is 22.3. The molecule has 30 heavy (non-hydrogen) atoms. The minimum atomic E-state index is -0.460. The normalized spacial score (nSPS) is 10.9. The molecule has 2 rings (SSSR count). The number of anilines is 1. The Morgan fingerprint density at radius 2 is 1.83 bits per heavy atom. The van der Waals surface area contributed by atoms with Crippen LogP contribution in [0.4, 0.5) is 11.4 Å². The maximum Gasteiger partial charge on any atom is 0.269 e. The van der Waals surface area contributed by atoms with Crippen LogP contribution < -0.4 is 15.4 Å². The van der Waals surface area contributed by atoms with Crippen LogP contribution in [0.1, 0.15) is 44.7 Å². The lowest BCUT2D eigenvalue weighted by atomic mass is 9.87. The Morgan fingerprint density at radius 3 is 2.40 bits per heavy atom. The average molecular weight is 430 g/mol. The van der Waals surface area contributed by atoms with Crippen LogP contribution in [0.25, 0.3) is 0 Å². The number of benzene rings is 2. The summed E-state index contributed by atoms with van der Waals surface area (Å²) in [6.07, 6.45) is 0.813. The van der Waals surface area contributed by atoms with Crippen LogP contribution in [0, 0.1) is 17.0 Å². The molecule has 0 unspecified atom stereocenters. The quantitative estimate of drug-likeness (QED) is 0.282. The maximum atomic E-state index is 12.1. The molecule has 2 N–H and O–H groups in total. The zero-order valence-corrected chi connectivity index (χ0v) is 18.5. The highest BCUT2D eigenvalue weighted by Crippen LogP contribution is 2.24. The fourth-order valence-corrected chi connectivity index (χ4v) is 2.94. The first-order valence-electron chi connectivity index (χ1n) is 9.65. The molecule has 0 saturated carbocycles. The average Bonchev–Trinajstić information content (AvgIpc) is 2.66. The first kappa shape index (κ1) is 23.3. The van der Waals surface area contributed by atoms with E-state index in [-0.39, 0.29) is 28.5 Å². The fraction of sp³-hybridized carbons (Fsp3) is 0.364. The van der Waals surface area contributed by atoms with Gasteiger partial charge in [0, 0.05) is 24.2 Å². The predicted octanol–water partition coefficient (Wildman–Crippen LogP) is 4.87. The molecule has 0 spiro atoms. The van der Waals surface area contributed by atoms with Crippen molar-refractivity contribution in [2.24, 2.45) is 0 Å². The number of nitrogens with one attached hydrogen (secondary N) is 2. The van der Waals surface area contributed by atoms with Crippen LogP contribution in [0.2, 0.25) is 0 Å². The van der Waals surface area contributed by atoms with E-state index in [1.165, 1.54) is 17.7 Å². The summed E-state index contributed by atoms with van der Waals surface area (Å²) < 4.78 is 5.69. The van der Waals surface area contributed by atoms with Gasteiger partial charge in [0.2, 0.25) is 5.91 Å². The number of carbonyl (C=O) groups excluding carboxylic acids is 1. The topological polar surface area (TPSA) is 93.5 Å². The second kappa shape index (κ2) is 10.2. The first-order chi connectivity index (χ1) is 14.1. The van der Waals surface area contributed by atoms with Crippen molar-refractivity contribution in [1.82, 2.24) is 5.32 Å². The Labute approximate surface area is 182 Å². The zero-order valence-electron chi connectivity index (χ0n) is 17.7. The number of aryl methyl sites for hydroxylation is 1. The van der Waals surface area contributed by atoms with E-state index in [0.717, 1.165) is 5.75 Å². The van der Waals surface area contributed by atoms with Crippen molar-refractivity contribution in [2.75, 3.05) is 11.9 Å². The first-order valence-corrected chi connectivity index (χ1v) is 10.1. The van der Waals surface area contributed by atoms with Gasteiger partial charge in [-0.25, -0.2) is 0 Å². The third kappa shape index (κ3) is 7.11. The molecule has 0 aliphatic rings. The molecule has 2 aromatic carbocycles. The Bertz CT molecular complexity index is 921. The third-order valence-electron chi connectivity index (χ3n) is 4.46. The summed E-state index contributed by atoms with van der Waals surface area (Å²) in [5.74, 6) is 0.549. The van der Waals surface area contributed by atoms with Gasteiger partial charge in [-0.15, -0.1) is 0 Å². The van der Waals surface area contributed by atoms with E-state index in [1.54, 1.807) is 13.0 Å². The molecule has 0 fully saturated rings. The van der Waals surface area contributed by atoms with Gasteiger partial charge in [0.25, 0.3) is 5.69 Å². The molecule has 0 heterocycles. The molecular formula is C22H27N3O4S. The van der Waals surface area contributed by atoms with Gasteiger partial charge in [0.1, 0.15) is 5.75 Å². The van der Waals surface area contributed by atoms with Crippen LogP contribution >= 0.6 is 12.2 Å². The van der Waals surface area contributed by atoms with Gasteiger partial charge in [0.15, 0.2) is 5.11 Å². The second-order valence-electron chi connectivity index (χ2n) is 7.99. The largest absolute Gasteiger partial charge is 0.494 e. The minimum absolute atomic E-state index is 0.000972. The highest BCUT2D eigenvalue weighted by Gasteiger charge is 2.13. The molecule has 7 nitrogen and oxygen atoms in total. The van der Waals surface area contributed by atoms with Crippen LogP contribution in [0.3, 0.4) is 0 Å². The van der Waals surface area contributed by atoms with Crippen LogP contribution in [-0.4, -0.2) is 22.5 Å². The highest BCUT2D eigenvalue weighted by atomic mass is 32.1. The van der Waals surface area contributed by atoms with Crippen LogP contribution in [0.5, 0.6) is 5.75 Å². The van der Waals surface area contributed by atoms with E-state index in [4.69, 9.17) is 17.0 Å². The summed E-state index contributed by atoms with van der Waals surface area (Å²) in [7, 11) is 0. The highest BCUT2D eigenvalue weighted by molar-refractivity contribution is 7.80. The van der Waals surface area contributed by atoms with Gasteiger partial charge in [-0.2, -0.15) is 0 Å². The van der Waals surface area contributed by atoms with E-state index < -0.39 is 4.92 Å². The molecule has 0 radical (unpaired) electrons. The standard InChI is InChI=1S/C22H27N3O4S/c1-15-14-17(25(27)28)9-12-19(15)23-21(30)24-20(26)6-5-13-29-18-10-7-16(8-11-18)22(2,3)4/h7-12,14H,5-6,13H2,1-4H3,(H2,23,24,26,30). The molecule has 1 amide bonds. The van der Waals surface area contributed by atoms with Gasteiger partial charge in [-0.05, 0) is 60.3 Å². The number of non-ortho nitro benzene ring substituents is 1. The van der Waals surface area contributed by atoms with Gasteiger partial charge < -0.3 is 15.4 Å². The number of nitrogens with zero attached hydrogens (tertiary/aromatic N) is 1. The summed E-state index contributed by atoms with van der Waals surface area (Å²) in [4.78, 5) is 22.4. The molecule has 0 aliphatic carbocycles. The lowest BCUT2D eigenvalue weighted by Crippen LogP contribution is -2.34. The summed E-state index contributed by atoms with van der Waals surface area (Å²) >= 11 is 5.15. The molecule has 0 bridgehead atoms. The smallest absolute Gasteiger partial charge is 0.269 e. The Hall–Kier alpha value is -3.00. The summed E-state index contributed by atoms with van der Waals surface area (Å²) in [5.41, 5.74) is 2.59. The van der Waals surface area contributed by atoms with Gasteiger partial charge >= 0.3 is 0 Å². The number of hydrogen-bond acceptors (Lipinski definition) is 5. The Balaban J connectivity index is 1.73. The molecule has 0 aromatic heterocycles. The SMILES string of the molecule is Cc1cc([N+](=O)[O-])ccc1NC(=S)NC(=O)CCCOc1ccc(C(C)(C)C)cc1. The van der Waals surface area contributed by atoms with Crippen molar-refractivity contribution in [1.29, 1.82) is 0 Å². The van der Waals surface area contributed by atoms with Crippen molar-refractivity contribution >= 4 is 34.6 Å². The molecule has 0 atom stereocenters. The van der Waals surface area contributed by atoms with Crippen LogP contribution in [-0.2, 0) is 10.2 Å². The minimum Gasteiger partial charge on any atom is -0.494 e. The lowest BCUT2D eigenvalue weighted by molar-refractivity contribution is -0.384. The van der Waals surface area contributed by atoms with E-state index in [2.05, 4.69) is 31.4 Å². The molecule has 8 heteroatoms. The monoisotopic (exact) mass is 429 g/mol. The number of nitro groups is 1. The van der Waals surface area contributed by atoms with E-state index in [9.17, 15) is 14.9 Å². The Morgan fingerprint density at radius 1 is 1.17 bits per heavy atom. The third-order valence-corrected chi connectivity index (χ3v) is 4.66. The number of carbonyl (C=O) groups is 1. The summed E-state index contributed by atoms with van der Waals surface area (Å²) in [5, 5.41) is 16.4. The number of thiocarbonyl (C=S) groups is 1. The van der Waals surface area contributed by atoms with Crippen molar-refractivity contribution in [3.63, 3.8) is 0 Å². The van der Waals surface area contributed by atoms with Crippen molar-refractivity contribution in [3.8, 4) is 5.75 Å². The number of hydrogen-bond donors (Lipinski definition) is 2. The van der Waals surface area contributed by atoms with Gasteiger partial charge in [-0.3, -0.25) is 14.9 Å². The van der Waals surface area contributed by atoms with E-state index in [0.29, 0.717) is 24.3 Å². The fourth-order valence-electron chi connectivity index (χ4n) is 2.72. The second-order valence-corrected chi connectivity index (χ2v) is 8.39. The maximum absolute atomic E-state index is 12.1. The molecule has 0 saturated heterocycles. The summed E-state index contributed by atoms with van der Waals surface area (Å²) in [6.45, 7) is 8.62. The van der Waals surface area contributed by atoms with Crippen LogP contribution in [0.15, 0.2) is 42.5 Å². The number of ether oxygens (including phenoxy) is 1. The number of rotatable bonds is 7. The van der Waals surface area contributed by atoms with Crippen molar-refractivity contribution < 1.29 is 14.5 Å². The van der Waals surface area contributed by atoms with E-state index >= 15 is 0 Å². The van der Waals surface area contributed by atoms with Gasteiger partial charge in [-0.1, -0.05) is 32.9 Å². The molecular weight excluding hydrogens is 402 g/mol. The number of nitro benzene ring substituents is 1. The number of amides is 1. The molecule has 2 aromatic rings. The van der Waals surface area contributed by atoms with E-state index in [1.807, 2.05) is 24.3 Å².